The van der Waals surface area contributed by atoms with Crippen LogP contribution in [0.4, 0.5) is 26.4 Å². The van der Waals surface area contributed by atoms with Gasteiger partial charge in [-0.15, -0.1) is 0 Å². The number of carbonyl (C=O) groups is 2. The maximum atomic E-state index is 14.9. The number of hydrogen-bond acceptors (Lipinski definition) is 7. The molecule has 1 saturated carbocycles. The van der Waals surface area contributed by atoms with Gasteiger partial charge in [0.15, 0.2) is 11.6 Å². The first kappa shape index (κ1) is 25.7. The third-order valence-electron chi connectivity index (χ3n) is 5.84. The molecule has 2 amide bonds. The molecule has 0 saturated heterocycles. The maximum absolute atomic E-state index is 14.9. The van der Waals surface area contributed by atoms with E-state index in [0.29, 0.717) is 22.0 Å². The molecule has 3 aromatic rings. The monoisotopic (exact) mass is 539 g/mol. The van der Waals surface area contributed by atoms with E-state index in [9.17, 15) is 14.0 Å². The van der Waals surface area contributed by atoms with Crippen LogP contribution in [0, 0.1) is 5.82 Å². The van der Waals surface area contributed by atoms with Crippen molar-refractivity contribution in [2.75, 3.05) is 23.4 Å². The minimum absolute atomic E-state index is 0.138. The molecule has 2 N–H and O–H groups in total. The zero-order valence-corrected chi connectivity index (χ0v) is 21.9. The molecule has 3 heterocycles. The summed E-state index contributed by atoms with van der Waals surface area (Å²) in [6.07, 6.45) is 4.29. The molecule has 2 aromatic heterocycles. The number of hydrogen-bond donors (Lipinski definition) is 2. The summed E-state index contributed by atoms with van der Waals surface area (Å²) in [5.74, 6) is -0.383. The molecule has 1 aliphatic heterocycles. The van der Waals surface area contributed by atoms with E-state index in [2.05, 4.69) is 20.6 Å². The standard InChI is InChI=1S/C27H27ClFN5O4/c1-27(2,3)38-26(36)34-10-11-37-23-22(13-21(33-24(23)34)17-12-15(28)4-7-19(17)29)32-20-8-9-30-14-18(20)25(35)31-16-5-6-16/h4,7-9,12-14,16H,5-6,10-11H2,1-3H3,(H,31,35)(H,30,32,33). The van der Waals surface area contributed by atoms with Crippen LogP contribution in [0.15, 0.2) is 42.7 Å². The van der Waals surface area contributed by atoms with Crippen LogP contribution >= 0.6 is 11.6 Å². The Kier molecular flexibility index (Phi) is 6.83. The van der Waals surface area contributed by atoms with Gasteiger partial charge in [0.05, 0.1) is 29.2 Å². The van der Waals surface area contributed by atoms with Gasteiger partial charge in [-0.1, -0.05) is 11.6 Å². The number of halogens is 2. The minimum Gasteiger partial charge on any atom is -0.486 e. The average molecular weight is 540 g/mol. The smallest absolute Gasteiger partial charge is 0.416 e. The summed E-state index contributed by atoms with van der Waals surface area (Å²) in [5, 5.41) is 6.51. The maximum Gasteiger partial charge on any atom is 0.416 e. The molecule has 2 aliphatic rings. The van der Waals surface area contributed by atoms with Crippen LogP contribution in [0.2, 0.25) is 5.02 Å². The van der Waals surface area contributed by atoms with Crippen molar-refractivity contribution in [1.29, 1.82) is 0 Å². The van der Waals surface area contributed by atoms with Crippen LogP contribution in [-0.4, -0.2) is 46.8 Å². The summed E-state index contributed by atoms with van der Waals surface area (Å²) in [6, 6.07) is 7.55. The lowest BCUT2D eigenvalue weighted by Gasteiger charge is -2.32. The molecule has 0 atom stereocenters. The second-order valence-corrected chi connectivity index (χ2v) is 10.5. The van der Waals surface area contributed by atoms with E-state index in [1.54, 1.807) is 39.1 Å². The Balaban J connectivity index is 1.61. The number of rotatable bonds is 5. The van der Waals surface area contributed by atoms with Crippen molar-refractivity contribution in [2.24, 2.45) is 0 Å². The highest BCUT2D eigenvalue weighted by Crippen LogP contribution is 2.42. The summed E-state index contributed by atoms with van der Waals surface area (Å²) >= 11 is 6.16. The molecule has 1 fully saturated rings. The Morgan fingerprint density at radius 1 is 1.18 bits per heavy atom. The number of aromatic nitrogens is 2. The number of anilines is 3. The van der Waals surface area contributed by atoms with Crippen molar-refractivity contribution < 1.29 is 23.5 Å². The number of benzene rings is 1. The fourth-order valence-corrected chi connectivity index (χ4v) is 4.10. The van der Waals surface area contributed by atoms with E-state index in [1.165, 1.54) is 29.3 Å². The van der Waals surface area contributed by atoms with Crippen LogP contribution in [0.5, 0.6) is 5.75 Å². The third kappa shape index (κ3) is 5.65. The molecule has 9 nitrogen and oxygen atoms in total. The van der Waals surface area contributed by atoms with Crippen molar-refractivity contribution in [1.82, 2.24) is 15.3 Å². The Hall–Kier alpha value is -3.92. The fourth-order valence-electron chi connectivity index (χ4n) is 3.93. The first-order valence-electron chi connectivity index (χ1n) is 12.2. The van der Waals surface area contributed by atoms with E-state index >= 15 is 0 Å². The minimum atomic E-state index is -0.742. The number of amides is 2. The highest BCUT2D eigenvalue weighted by atomic mass is 35.5. The number of ether oxygens (including phenoxy) is 2. The predicted molar refractivity (Wildman–Crippen MR) is 142 cm³/mol. The molecule has 198 valence electrons. The molecule has 1 aromatic carbocycles. The lowest BCUT2D eigenvalue weighted by atomic mass is 10.1. The molecule has 11 heteroatoms. The third-order valence-corrected chi connectivity index (χ3v) is 6.07. The van der Waals surface area contributed by atoms with Gasteiger partial charge in [-0.2, -0.15) is 0 Å². The van der Waals surface area contributed by atoms with Crippen molar-refractivity contribution in [3.63, 3.8) is 0 Å². The van der Waals surface area contributed by atoms with E-state index in [0.717, 1.165) is 12.8 Å². The Bertz CT molecular complexity index is 1410. The van der Waals surface area contributed by atoms with Crippen molar-refractivity contribution in [3.05, 3.63) is 59.1 Å². The second-order valence-electron chi connectivity index (χ2n) is 10.1. The van der Waals surface area contributed by atoms with Gasteiger partial charge in [-0.05, 0) is 63.9 Å². The number of fused-ring (bicyclic) bond motifs is 1. The summed E-state index contributed by atoms with van der Waals surface area (Å²) in [7, 11) is 0. The van der Waals surface area contributed by atoms with Crippen LogP contribution in [0.3, 0.4) is 0 Å². The van der Waals surface area contributed by atoms with Gasteiger partial charge in [-0.3, -0.25) is 14.7 Å². The second kappa shape index (κ2) is 10.1. The molecule has 0 unspecified atom stereocenters. The molecule has 1 aliphatic carbocycles. The van der Waals surface area contributed by atoms with E-state index in [1.807, 2.05) is 0 Å². The molecule has 0 radical (unpaired) electrons. The lowest BCUT2D eigenvalue weighted by molar-refractivity contribution is 0.0566. The summed E-state index contributed by atoms with van der Waals surface area (Å²) in [4.78, 5) is 36.0. The lowest BCUT2D eigenvalue weighted by Crippen LogP contribution is -2.42. The number of nitrogens with one attached hydrogen (secondary N) is 2. The topological polar surface area (TPSA) is 106 Å². The van der Waals surface area contributed by atoms with Crippen molar-refractivity contribution in [2.45, 2.75) is 45.3 Å². The predicted octanol–water partition coefficient (Wildman–Crippen LogP) is 5.71. The fraction of sp³-hybridized carbons (Fsp3) is 0.333. The Morgan fingerprint density at radius 2 is 1.97 bits per heavy atom. The quantitative estimate of drug-likeness (QED) is 0.428. The SMILES string of the molecule is CC(C)(C)OC(=O)N1CCOc2c(Nc3ccncc3C(=O)NC3CC3)cc(-c3cc(Cl)ccc3F)nc21. The molecular formula is C27H27ClFN5O4. The highest BCUT2D eigenvalue weighted by molar-refractivity contribution is 6.30. The van der Waals surface area contributed by atoms with Crippen LogP contribution < -0.4 is 20.3 Å². The molecule has 38 heavy (non-hydrogen) atoms. The van der Waals surface area contributed by atoms with Gasteiger partial charge in [0.25, 0.3) is 5.91 Å². The van der Waals surface area contributed by atoms with Gasteiger partial charge in [0.2, 0.25) is 0 Å². The normalized spacial score (nSPS) is 14.8. The van der Waals surface area contributed by atoms with Gasteiger partial charge in [0.1, 0.15) is 18.0 Å². The molecule has 0 bridgehead atoms. The van der Waals surface area contributed by atoms with Crippen LogP contribution in [0.25, 0.3) is 11.3 Å². The van der Waals surface area contributed by atoms with Crippen molar-refractivity contribution in [3.8, 4) is 17.0 Å². The number of pyridine rings is 2. The Morgan fingerprint density at radius 3 is 2.71 bits per heavy atom. The van der Waals surface area contributed by atoms with Crippen LogP contribution in [0.1, 0.15) is 44.0 Å². The largest absolute Gasteiger partial charge is 0.486 e. The summed E-state index contributed by atoms with van der Waals surface area (Å²) in [6.45, 7) is 5.66. The first-order chi connectivity index (χ1) is 18.1. The van der Waals surface area contributed by atoms with E-state index in [-0.39, 0.29) is 47.9 Å². The van der Waals surface area contributed by atoms with E-state index < -0.39 is 17.5 Å². The number of carbonyl (C=O) groups excluding carboxylic acids is 2. The zero-order chi connectivity index (χ0) is 27.0. The van der Waals surface area contributed by atoms with Crippen molar-refractivity contribution >= 4 is 40.8 Å². The number of nitrogens with zero attached hydrogens (tertiary/aromatic N) is 3. The van der Waals surface area contributed by atoms with Gasteiger partial charge >= 0.3 is 6.09 Å². The highest BCUT2D eigenvalue weighted by Gasteiger charge is 2.33. The zero-order valence-electron chi connectivity index (χ0n) is 21.2. The summed E-state index contributed by atoms with van der Waals surface area (Å²) < 4.78 is 26.4. The van der Waals surface area contributed by atoms with Gasteiger partial charge in [0, 0.05) is 29.0 Å². The molecule has 0 spiro atoms. The molecule has 5 rings (SSSR count). The average Bonchev–Trinajstić information content (AvgIpc) is 3.68. The van der Waals surface area contributed by atoms with Crippen LogP contribution in [-0.2, 0) is 4.74 Å². The van der Waals surface area contributed by atoms with Gasteiger partial charge in [-0.25, -0.2) is 14.2 Å². The van der Waals surface area contributed by atoms with Gasteiger partial charge < -0.3 is 20.1 Å². The Labute approximate surface area is 224 Å². The van der Waals surface area contributed by atoms with E-state index in [4.69, 9.17) is 21.1 Å². The first-order valence-corrected chi connectivity index (χ1v) is 12.6. The summed E-state index contributed by atoms with van der Waals surface area (Å²) in [5.41, 5.74) is 0.781. The molecular weight excluding hydrogens is 513 g/mol.